The van der Waals surface area contributed by atoms with Gasteiger partial charge in [-0.05, 0) is 39.0 Å². The molecule has 0 aliphatic heterocycles. The zero-order valence-electron chi connectivity index (χ0n) is 12.4. The SMILES string of the molecule is CC(C)(C)OC(=O)N(Cc1ccccc1F)n1cccc1. The van der Waals surface area contributed by atoms with Gasteiger partial charge in [-0.2, -0.15) is 0 Å². The fraction of sp³-hybridized carbons (Fsp3) is 0.312. The highest BCUT2D eigenvalue weighted by molar-refractivity contribution is 5.78. The van der Waals surface area contributed by atoms with E-state index in [1.807, 2.05) is 0 Å². The maximum absolute atomic E-state index is 13.8. The number of nitrogens with zero attached hydrogens (tertiary/aromatic N) is 2. The molecule has 1 heterocycles. The minimum Gasteiger partial charge on any atom is -0.442 e. The molecule has 0 radical (unpaired) electrons. The number of ether oxygens (including phenoxy) is 1. The van der Waals surface area contributed by atoms with Gasteiger partial charge in [0.1, 0.15) is 11.4 Å². The first-order valence-electron chi connectivity index (χ1n) is 6.74. The average molecular weight is 290 g/mol. The molecule has 1 aromatic carbocycles. The summed E-state index contributed by atoms with van der Waals surface area (Å²) in [6.07, 6.45) is 2.90. The maximum Gasteiger partial charge on any atom is 0.429 e. The number of benzene rings is 1. The molecule has 2 aromatic rings. The summed E-state index contributed by atoms with van der Waals surface area (Å²) in [6.45, 7) is 5.47. The zero-order chi connectivity index (χ0) is 15.5. The molecule has 21 heavy (non-hydrogen) atoms. The van der Waals surface area contributed by atoms with Crippen LogP contribution < -0.4 is 5.01 Å². The summed E-state index contributed by atoms with van der Waals surface area (Å²) in [5.41, 5.74) is -0.186. The molecule has 0 aliphatic rings. The molecule has 1 aromatic heterocycles. The van der Waals surface area contributed by atoms with Crippen molar-refractivity contribution in [2.45, 2.75) is 32.9 Å². The lowest BCUT2D eigenvalue weighted by Crippen LogP contribution is -2.42. The van der Waals surface area contributed by atoms with Crippen LogP contribution >= 0.6 is 0 Å². The molecule has 112 valence electrons. The number of amides is 1. The van der Waals surface area contributed by atoms with Crippen molar-refractivity contribution in [3.8, 4) is 0 Å². The molecule has 0 fully saturated rings. The number of rotatable bonds is 3. The first kappa shape index (κ1) is 15.1. The van der Waals surface area contributed by atoms with Crippen LogP contribution in [0.5, 0.6) is 0 Å². The smallest absolute Gasteiger partial charge is 0.429 e. The molecule has 1 amide bonds. The number of hydrogen-bond acceptors (Lipinski definition) is 2. The molecule has 0 bridgehead atoms. The van der Waals surface area contributed by atoms with Gasteiger partial charge in [0.2, 0.25) is 0 Å². The minimum atomic E-state index is -0.613. The molecule has 0 unspecified atom stereocenters. The minimum absolute atomic E-state index is 0.0935. The van der Waals surface area contributed by atoms with Crippen molar-refractivity contribution in [1.82, 2.24) is 4.68 Å². The summed E-state index contributed by atoms with van der Waals surface area (Å²) in [5, 5.41) is 1.35. The summed E-state index contributed by atoms with van der Waals surface area (Å²) in [7, 11) is 0. The summed E-state index contributed by atoms with van der Waals surface area (Å²) in [4.78, 5) is 12.3. The Labute approximate surface area is 123 Å². The van der Waals surface area contributed by atoms with Crippen molar-refractivity contribution >= 4 is 6.09 Å². The Hall–Kier alpha value is -2.30. The molecular formula is C16H19FN2O2. The van der Waals surface area contributed by atoms with E-state index in [-0.39, 0.29) is 12.4 Å². The largest absolute Gasteiger partial charge is 0.442 e. The van der Waals surface area contributed by atoms with Crippen LogP contribution in [-0.4, -0.2) is 16.4 Å². The van der Waals surface area contributed by atoms with Crippen molar-refractivity contribution in [1.29, 1.82) is 0 Å². The normalized spacial score (nSPS) is 11.2. The third-order valence-corrected chi connectivity index (χ3v) is 2.75. The van der Waals surface area contributed by atoms with Gasteiger partial charge in [-0.3, -0.25) is 4.68 Å². The van der Waals surface area contributed by atoms with Crippen LogP contribution in [-0.2, 0) is 11.3 Å². The van der Waals surface area contributed by atoms with Gasteiger partial charge in [-0.25, -0.2) is 14.2 Å². The van der Waals surface area contributed by atoms with E-state index in [9.17, 15) is 9.18 Å². The van der Waals surface area contributed by atoms with E-state index in [2.05, 4.69) is 0 Å². The lowest BCUT2D eigenvalue weighted by Gasteiger charge is -2.28. The number of carbonyl (C=O) groups excluding carboxylic acids is 1. The van der Waals surface area contributed by atoms with Crippen molar-refractivity contribution in [2.24, 2.45) is 0 Å². The average Bonchev–Trinajstić information content (AvgIpc) is 2.89. The highest BCUT2D eigenvalue weighted by Crippen LogP contribution is 2.14. The van der Waals surface area contributed by atoms with E-state index in [0.29, 0.717) is 5.56 Å². The van der Waals surface area contributed by atoms with Gasteiger partial charge in [0.05, 0.1) is 6.54 Å². The Morgan fingerprint density at radius 3 is 2.38 bits per heavy atom. The molecule has 0 saturated heterocycles. The second kappa shape index (κ2) is 5.99. The maximum atomic E-state index is 13.8. The Balaban J connectivity index is 2.25. The van der Waals surface area contributed by atoms with Crippen molar-refractivity contribution in [2.75, 3.05) is 5.01 Å². The predicted molar refractivity (Wildman–Crippen MR) is 79.0 cm³/mol. The molecule has 0 saturated carbocycles. The topological polar surface area (TPSA) is 34.5 Å². The van der Waals surface area contributed by atoms with Gasteiger partial charge in [-0.15, -0.1) is 0 Å². The fourth-order valence-electron chi connectivity index (χ4n) is 1.83. The first-order valence-corrected chi connectivity index (χ1v) is 6.74. The zero-order valence-corrected chi connectivity index (χ0v) is 12.4. The number of hydrogen-bond donors (Lipinski definition) is 0. The Kier molecular flexibility index (Phi) is 4.31. The Bertz CT molecular complexity index is 603. The fourth-order valence-corrected chi connectivity index (χ4v) is 1.83. The van der Waals surface area contributed by atoms with Gasteiger partial charge in [0.15, 0.2) is 0 Å². The molecule has 0 spiro atoms. The van der Waals surface area contributed by atoms with Crippen LogP contribution in [0.15, 0.2) is 48.8 Å². The molecule has 0 N–H and O–H groups in total. The van der Waals surface area contributed by atoms with Gasteiger partial charge in [0.25, 0.3) is 0 Å². The predicted octanol–water partition coefficient (Wildman–Crippen LogP) is 3.70. The van der Waals surface area contributed by atoms with Gasteiger partial charge in [-0.1, -0.05) is 18.2 Å². The third kappa shape index (κ3) is 4.08. The Morgan fingerprint density at radius 1 is 1.19 bits per heavy atom. The molecular weight excluding hydrogens is 271 g/mol. The van der Waals surface area contributed by atoms with Crippen molar-refractivity contribution < 1.29 is 13.9 Å². The quantitative estimate of drug-likeness (QED) is 0.863. The van der Waals surface area contributed by atoms with E-state index < -0.39 is 11.7 Å². The van der Waals surface area contributed by atoms with Crippen LogP contribution in [0, 0.1) is 5.82 Å². The first-order chi connectivity index (χ1) is 9.87. The Morgan fingerprint density at radius 2 is 1.81 bits per heavy atom. The third-order valence-electron chi connectivity index (χ3n) is 2.75. The highest BCUT2D eigenvalue weighted by atomic mass is 19.1. The number of aromatic nitrogens is 1. The molecule has 0 aliphatic carbocycles. The highest BCUT2D eigenvalue weighted by Gasteiger charge is 2.24. The second-order valence-electron chi connectivity index (χ2n) is 5.69. The summed E-state index contributed by atoms with van der Waals surface area (Å²) < 4.78 is 20.8. The summed E-state index contributed by atoms with van der Waals surface area (Å²) in [6, 6.07) is 9.96. The van der Waals surface area contributed by atoms with E-state index in [0.717, 1.165) is 0 Å². The van der Waals surface area contributed by atoms with Crippen LogP contribution in [0.3, 0.4) is 0 Å². The lowest BCUT2D eigenvalue weighted by molar-refractivity contribution is 0.0534. The summed E-state index contributed by atoms with van der Waals surface area (Å²) >= 11 is 0. The molecule has 4 nitrogen and oxygen atoms in total. The summed E-state index contributed by atoms with van der Waals surface area (Å²) in [5.74, 6) is -0.349. The van der Waals surface area contributed by atoms with E-state index in [4.69, 9.17) is 4.74 Å². The van der Waals surface area contributed by atoms with Crippen LogP contribution in [0.25, 0.3) is 0 Å². The number of halogens is 1. The monoisotopic (exact) mass is 290 g/mol. The second-order valence-corrected chi connectivity index (χ2v) is 5.69. The van der Waals surface area contributed by atoms with E-state index >= 15 is 0 Å². The van der Waals surface area contributed by atoms with Crippen LogP contribution in [0.2, 0.25) is 0 Å². The molecule has 5 heteroatoms. The number of carbonyl (C=O) groups is 1. The van der Waals surface area contributed by atoms with Crippen LogP contribution in [0.4, 0.5) is 9.18 Å². The van der Waals surface area contributed by atoms with Gasteiger partial charge in [0, 0.05) is 18.0 Å². The van der Waals surface area contributed by atoms with Crippen molar-refractivity contribution in [3.63, 3.8) is 0 Å². The molecule has 0 atom stereocenters. The van der Waals surface area contributed by atoms with Crippen LogP contribution in [0.1, 0.15) is 26.3 Å². The van der Waals surface area contributed by atoms with Gasteiger partial charge >= 0.3 is 6.09 Å². The van der Waals surface area contributed by atoms with E-state index in [1.165, 1.54) is 11.1 Å². The molecule has 2 rings (SSSR count). The standard InChI is InChI=1S/C16H19FN2O2/c1-16(2,3)21-15(20)19(18-10-6-7-11-18)12-13-8-4-5-9-14(13)17/h4-11H,12H2,1-3H3. The lowest BCUT2D eigenvalue weighted by atomic mass is 10.2. The van der Waals surface area contributed by atoms with E-state index in [1.54, 1.807) is 68.2 Å². The van der Waals surface area contributed by atoms with Gasteiger partial charge < -0.3 is 4.74 Å². The van der Waals surface area contributed by atoms with Crippen molar-refractivity contribution in [3.05, 3.63) is 60.2 Å².